The van der Waals surface area contributed by atoms with Gasteiger partial charge in [-0.2, -0.15) is 0 Å². The topological polar surface area (TPSA) is 38.0 Å². The summed E-state index contributed by atoms with van der Waals surface area (Å²) in [6.45, 7) is 5.72. The van der Waals surface area contributed by atoms with Crippen molar-refractivity contribution in [2.24, 2.45) is 5.73 Å². The number of nitrogens with one attached hydrogen (secondary N) is 1. The van der Waals surface area contributed by atoms with Crippen LogP contribution in [-0.2, 0) is 6.54 Å². The molecule has 0 radical (unpaired) electrons. The Morgan fingerprint density at radius 2 is 2.21 bits per heavy atom. The molecule has 0 aliphatic rings. The van der Waals surface area contributed by atoms with E-state index in [0.717, 1.165) is 6.54 Å². The molecule has 14 heavy (non-hydrogen) atoms. The van der Waals surface area contributed by atoms with Crippen LogP contribution in [0.1, 0.15) is 18.1 Å². The Kier molecular flexibility index (Phi) is 4.58. The summed E-state index contributed by atoms with van der Waals surface area (Å²) in [5.41, 5.74) is 8.08. The minimum atomic E-state index is 0.363. The molecule has 0 unspecified atom stereocenters. The second kappa shape index (κ2) is 5.49. The van der Waals surface area contributed by atoms with Gasteiger partial charge in [0.05, 0.1) is 0 Å². The van der Waals surface area contributed by atoms with E-state index in [-0.39, 0.29) is 0 Å². The Balaban J connectivity index is 2.63. The molecule has 2 nitrogen and oxygen atoms in total. The van der Waals surface area contributed by atoms with E-state index in [1.165, 1.54) is 15.6 Å². The first-order chi connectivity index (χ1) is 6.65. The van der Waals surface area contributed by atoms with Crippen molar-refractivity contribution in [2.45, 2.75) is 26.4 Å². The van der Waals surface area contributed by atoms with Gasteiger partial charge in [0.2, 0.25) is 0 Å². The zero-order valence-corrected chi connectivity index (χ0v) is 10.3. The summed E-state index contributed by atoms with van der Waals surface area (Å²) in [6, 6.07) is 6.65. The van der Waals surface area contributed by atoms with Gasteiger partial charge >= 0.3 is 0 Å². The number of aryl methyl sites for hydroxylation is 1. The van der Waals surface area contributed by atoms with E-state index in [1.807, 2.05) is 0 Å². The quantitative estimate of drug-likeness (QED) is 0.867. The Labute approximate surface area is 94.0 Å². The molecule has 0 aliphatic heterocycles. The van der Waals surface area contributed by atoms with E-state index in [1.54, 1.807) is 0 Å². The number of rotatable bonds is 4. The molecule has 1 aromatic carbocycles. The van der Waals surface area contributed by atoms with Crippen molar-refractivity contribution in [3.8, 4) is 0 Å². The van der Waals surface area contributed by atoms with Crippen LogP contribution in [0.2, 0.25) is 0 Å². The van der Waals surface area contributed by atoms with Gasteiger partial charge in [-0.1, -0.05) is 34.1 Å². The van der Waals surface area contributed by atoms with Gasteiger partial charge in [0.25, 0.3) is 0 Å². The third-order valence-corrected chi connectivity index (χ3v) is 3.40. The van der Waals surface area contributed by atoms with E-state index >= 15 is 0 Å². The first-order valence-corrected chi connectivity index (χ1v) is 5.62. The smallest absolute Gasteiger partial charge is 0.0249 e. The second-order valence-corrected chi connectivity index (χ2v) is 4.36. The van der Waals surface area contributed by atoms with Crippen LogP contribution >= 0.6 is 15.9 Å². The maximum Gasteiger partial charge on any atom is 0.0249 e. The van der Waals surface area contributed by atoms with Crippen molar-refractivity contribution < 1.29 is 0 Å². The highest BCUT2D eigenvalue weighted by Gasteiger charge is 2.03. The zero-order chi connectivity index (χ0) is 10.6. The number of hydrogen-bond acceptors (Lipinski definition) is 2. The first-order valence-electron chi connectivity index (χ1n) is 4.82. The lowest BCUT2D eigenvalue weighted by Gasteiger charge is -2.13. The molecule has 3 N–H and O–H groups in total. The predicted molar refractivity (Wildman–Crippen MR) is 64.2 cm³/mol. The monoisotopic (exact) mass is 256 g/mol. The third-order valence-electron chi connectivity index (χ3n) is 2.27. The molecular formula is C11H17BrN2. The van der Waals surface area contributed by atoms with E-state index in [2.05, 4.69) is 53.3 Å². The van der Waals surface area contributed by atoms with Gasteiger partial charge in [-0.3, -0.25) is 0 Å². The molecular weight excluding hydrogens is 240 g/mol. The highest BCUT2D eigenvalue weighted by Crippen LogP contribution is 2.20. The molecule has 0 aliphatic carbocycles. The molecule has 0 spiro atoms. The van der Waals surface area contributed by atoms with Crippen molar-refractivity contribution in [1.82, 2.24) is 5.32 Å². The maximum absolute atomic E-state index is 5.53. The van der Waals surface area contributed by atoms with Crippen molar-refractivity contribution >= 4 is 15.9 Å². The number of nitrogens with two attached hydrogens (primary N) is 1. The lowest BCUT2D eigenvalue weighted by atomic mass is 10.1. The van der Waals surface area contributed by atoms with Gasteiger partial charge in [-0.15, -0.1) is 0 Å². The molecule has 78 valence electrons. The van der Waals surface area contributed by atoms with Gasteiger partial charge in [-0.25, -0.2) is 0 Å². The Hall–Kier alpha value is -0.380. The molecule has 1 rings (SSSR count). The summed E-state index contributed by atoms with van der Waals surface area (Å²) in [5.74, 6) is 0. The number of hydrogen-bond donors (Lipinski definition) is 2. The van der Waals surface area contributed by atoms with Crippen LogP contribution in [-0.4, -0.2) is 12.6 Å². The van der Waals surface area contributed by atoms with Crippen molar-refractivity contribution in [2.75, 3.05) is 6.54 Å². The summed E-state index contributed by atoms with van der Waals surface area (Å²) in [4.78, 5) is 0. The van der Waals surface area contributed by atoms with Gasteiger partial charge in [0, 0.05) is 23.6 Å². The van der Waals surface area contributed by atoms with Crippen molar-refractivity contribution in [3.63, 3.8) is 0 Å². The van der Waals surface area contributed by atoms with Crippen LogP contribution in [0, 0.1) is 6.92 Å². The summed E-state index contributed by atoms with van der Waals surface area (Å²) < 4.78 is 1.19. The maximum atomic E-state index is 5.53. The number of benzene rings is 1. The van der Waals surface area contributed by atoms with Gasteiger partial charge in [0.15, 0.2) is 0 Å². The van der Waals surface area contributed by atoms with E-state index in [0.29, 0.717) is 12.6 Å². The van der Waals surface area contributed by atoms with Crippen LogP contribution in [0.25, 0.3) is 0 Å². The Morgan fingerprint density at radius 1 is 1.50 bits per heavy atom. The highest BCUT2D eigenvalue weighted by atomic mass is 79.9. The zero-order valence-electron chi connectivity index (χ0n) is 8.68. The van der Waals surface area contributed by atoms with Crippen molar-refractivity contribution in [1.29, 1.82) is 0 Å². The van der Waals surface area contributed by atoms with Crippen LogP contribution in [0.15, 0.2) is 22.7 Å². The van der Waals surface area contributed by atoms with E-state index < -0.39 is 0 Å². The fraction of sp³-hybridized carbons (Fsp3) is 0.455. The largest absolute Gasteiger partial charge is 0.329 e. The molecule has 0 amide bonds. The SMILES string of the molecule is Cc1cccc(CN[C@@H](C)CN)c1Br. The van der Waals surface area contributed by atoms with Crippen LogP contribution in [0.5, 0.6) is 0 Å². The highest BCUT2D eigenvalue weighted by molar-refractivity contribution is 9.10. The molecule has 1 atom stereocenters. The predicted octanol–water partition coefficient (Wildman–Crippen LogP) is 2.19. The minimum Gasteiger partial charge on any atom is -0.329 e. The first kappa shape index (κ1) is 11.7. The standard InChI is InChI=1S/C11H17BrN2/c1-8-4-3-5-10(11(8)12)7-14-9(2)6-13/h3-5,9,14H,6-7,13H2,1-2H3/t9-/m0/s1. The average molecular weight is 257 g/mol. The van der Waals surface area contributed by atoms with Gasteiger partial charge < -0.3 is 11.1 Å². The van der Waals surface area contributed by atoms with Crippen LogP contribution in [0.4, 0.5) is 0 Å². The number of halogens is 1. The summed E-state index contributed by atoms with van der Waals surface area (Å²) in [5, 5.41) is 3.36. The summed E-state index contributed by atoms with van der Waals surface area (Å²) in [6.07, 6.45) is 0. The normalized spacial score (nSPS) is 12.9. The molecule has 0 aromatic heterocycles. The van der Waals surface area contributed by atoms with Gasteiger partial charge in [0.1, 0.15) is 0 Å². The molecule has 0 fully saturated rings. The molecule has 0 bridgehead atoms. The lowest BCUT2D eigenvalue weighted by molar-refractivity contribution is 0.555. The van der Waals surface area contributed by atoms with E-state index in [9.17, 15) is 0 Å². The Morgan fingerprint density at radius 3 is 2.86 bits per heavy atom. The fourth-order valence-corrected chi connectivity index (χ4v) is 1.62. The molecule has 3 heteroatoms. The molecule has 0 heterocycles. The average Bonchev–Trinajstić information content (AvgIpc) is 2.20. The van der Waals surface area contributed by atoms with Crippen LogP contribution in [0.3, 0.4) is 0 Å². The summed E-state index contributed by atoms with van der Waals surface area (Å²) in [7, 11) is 0. The van der Waals surface area contributed by atoms with Crippen molar-refractivity contribution in [3.05, 3.63) is 33.8 Å². The van der Waals surface area contributed by atoms with E-state index in [4.69, 9.17) is 5.73 Å². The Bertz CT molecular complexity index is 299. The fourth-order valence-electron chi connectivity index (χ4n) is 1.21. The lowest BCUT2D eigenvalue weighted by Crippen LogP contribution is -2.32. The molecule has 0 saturated heterocycles. The third kappa shape index (κ3) is 3.08. The second-order valence-electron chi connectivity index (χ2n) is 3.57. The minimum absolute atomic E-state index is 0.363. The summed E-state index contributed by atoms with van der Waals surface area (Å²) >= 11 is 3.58. The molecule has 1 aromatic rings. The van der Waals surface area contributed by atoms with Crippen LogP contribution < -0.4 is 11.1 Å². The van der Waals surface area contributed by atoms with Gasteiger partial charge in [-0.05, 0) is 25.0 Å². The molecule has 0 saturated carbocycles.